The molecule has 0 saturated heterocycles. The molecule has 220 valence electrons. The molecule has 0 fully saturated rings. The number of aromatic hydroxyl groups is 1. The molecule has 0 aliphatic heterocycles. The molecule has 1 amide bonds. The maximum absolute atomic E-state index is 12.8. The van der Waals surface area contributed by atoms with E-state index in [4.69, 9.17) is 9.84 Å². The van der Waals surface area contributed by atoms with Gasteiger partial charge in [-0.15, -0.1) is 0 Å². The van der Waals surface area contributed by atoms with Crippen LogP contribution in [0.3, 0.4) is 0 Å². The number of hydrogen-bond acceptors (Lipinski definition) is 5. The van der Waals surface area contributed by atoms with Gasteiger partial charge in [-0.3, -0.25) is 9.48 Å². The third-order valence-electron chi connectivity index (χ3n) is 8.37. The molecule has 1 aliphatic carbocycles. The van der Waals surface area contributed by atoms with Crippen molar-refractivity contribution < 1.29 is 14.6 Å². The fourth-order valence-electron chi connectivity index (χ4n) is 6.60. The highest BCUT2D eigenvalue weighted by Crippen LogP contribution is 2.49. The van der Waals surface area contributed by atoms with Crippen LogP contribution in [0, 0.1) is 5.92 Å². The van der Waals surface area contributed by atoms with Crippen molar-refractivity contribution in [1.82, 2.24) is 19.3 Å². The van der Waals surface area contributed by atoms with E-state index in [9.17, 15) is 9.90 Å². The van der Waals surface area contributed by atoms with Gasteiger partial charge >= 0.3 is 0 Å². The van der Waals surface area contributed by atoms with Gasteiger partial charge in [-0.05, 0) is 66.8 Å². The summed E-state index contributed by atoms with van der Waals surface area (Å²) in [5.74, 6) is 0.986. The Kier molecular flexibility index (Phi) is 6.34. The molecule has 3 heterocycles. The third-order valence-corrected chi connectivity index (χ3v) is 8.37. The van der Waals surface area contributed by atoms with Crippen LogP contribution in [0.4, 0.5) is 11.4 Å². The van der Waals surface area contributed by atoms with Gasteiger partial charge in [0, 0.05) is 84.3 Å². The van der Waals surface area contributed by atoms with E-state index in [1.807, 2.05) is 73.3 Å². The van der Waals surface area contributed by atoms with Crippen LogP contribution >= 0.6 is 0 Å². The predicted octanol–water partition coefficient (Wildman–Crippen LogP) is 6.22. The van der Waals surface area contributed by atoms with E-state index in [1.54, 1.807) is 0 Å². The molecule has 3 N–H and O–H groups in total. The lowest BCUT2D eigenvalue weighted by molar-refractivity contribution is -0.118. The summed E-state index contributed by atoms with van der Waals surface area (Å²) in [6, 6.07) is 13.8. The lowest BCUT2D eigenvalue weighted by Crippen LogP contribution is -2.20. The summed E-state index contributed by atoms with van der Waals surface area (Å²) in [6.45, 7) is 5.21. The number of carbonyl (C=O) groups excluding carboxylic acids is 1. The lowest BCUT2D eigenvalue weighted by atomic mass is 9.85. The van der Waals surface area contributed by atoms with Crippen molar-refractivity contribution in [3.63, 3.8) is 0 Å². The Morgan fingerprint density at radius 2 is 1.91 bits per heavy atom. The molecule has 7 rings (SSSR count). The molecule has 0 saturated carbocycles. The monoisotopic (exact) mass is 576 g/mol. The van der Waals surface area contributed by atoms with Gasteiger partial charge in [0.1, 0.15) is 5.75 Å². The topological polar surface area (TPSA) is 100 Å². The van der Waals surface area contributed by atoms with Crippen molar-refractivity contribution in [3.05, 3.63) is 66.1 Å². The first-order valence-corrected chi connectivity index (χ1v) is 14.7. The Morgan fingerprint density at radius 1 is 1.12 bits per heavy atom. The number of aryl methyl sites for hydroxylation is 3. The molecule has 0 radical (unpaired) electrons. The van der Waals surface area contributed by atoms with E-state index in [0.29, 0.717) is 11.7 Å². The van der Waals surface area contributed by atoms with Crippen LogP contribution in [0.2, 0.25) is 0 Å². The molecule has 9 heteroatoms. The van der Waals surface area contributed by atoms with E-state index in [1.165, 1.54) is 11.1 Å². The Morgan fingerprint density at radius 3 is 2.65 bits per heavy atom. The number of nitrogens with zero attached hydrogens (tertiary/aromatic N) is 4. The zero-order valence-electron chi connectivity index (χ0n) is 25.2. The number of benzene rings is 3. The third kappa shape index (κ3) is 4.47. The zero-order chi connectivity index (χ0) is 30.0. The van der Waals surface area contributed by atoms with Crippen molar-refractivity contribution in [1.29, 1.82) is 0 Å². The van der Waals surface area contributed by atoms with Crippen molar-refractivity contribution >= 4 is 49.9 Å². The number of carbonyl (C=O) groups is 1. The van der Waals surface area contributed by atoms with Gasteiger partial charge in [0.05, 0.1) is 16.6 Å². The van der Waals surface area contributed by atoms with Crippen LogP contribution in [-0.2, 0) is 31.2 Å². The Balaban J connectivity index is 1.32. The number of rotatable bonds is 7. The zero-order valence-corrected chi connectivity index (χ0v) is 25.2. The Bertz CT molecular complexity index is 2030. The molecule has 43 heavy (non-hydrogen) atoms. The number of aromatic amines is 1. The number of amides is 1. The second-order valence-electron chi connectivity index (χ2n) is 12.1. The number of ether oxygens (including phenoxy) is 1. The normalized spacial score (nSPS) is 12.7. The van der Waals surface area contributed by atoms with Gasteiger partial charge in [-0.2, -0.15) is 5.10 Å². The first kappa shape index (κ1) is 26.9. The molecule has 9 nitrogen and oxygen atoms in total. The van der Waals surface area contributed by atoms with E-state index < -0.39 is 0 Å². The number of aromatic nitrogens is 4. The van der Waals surface area contributed by atoms with E-state index in [-0.39, 0.29) is 18.4 Å². The summed E-state index contributed by atoms with van der Waals surface area (Å²) < 4.78 is 10.3. The number of anilines is 2. The van der Waals surface area contributed by atoms with Gasteiger partial charge in [0.15, 0.2) is 12.5 Å². The fraction of sp³-hybridized carbons (Fsp3) is 0.294. The number of nitrogens with one attached hydrogen (secondary N) is 2. The Hall–Kier alpha value is -4.92. The van der Waals surface area contributed by atoms with Gasteiger partial charge in [-0.1, -0.05) is 13.8 Å². The largest absolute Gasteiger partial charge is 0.494 e. The summed E-state index contributed by atoms with van der Waals surface area (Å²) in [7, 11) is 5.91. The number of H-pyrrole nitrogens is 1. The van der Waals surface area contributed by atoms with Crippen molar-refractivity contribution in [2.45, 2.75) is 33.2 Å². The molecule has 0 spiro atoms. The summed E-state index contributed by atoms with van der Waals surface area (Å²) in [4.78, 5) is 17.9. The lowest BCUT2D eigenvalue weighted by Gasteiger charge is -2.21. The smallest absolute Gasteiger partial charge is 0.262 e. The molecular weight excluding hydrogens is 540 g/mol. The summed E-state index contributed by atoms with van der Waals surface area (Å²) in [5.41, 5.74) is 8.52. The minimum Gasteiger partial charge on any atom is -0.494 e. The van der Waals surface area contributed by atoms with Crippen molar-refractivity contribution in [2.24, 2.45) is 13.0 Å². The molecular formula is C34H36N6O3. The predicted molar refractivity (Wildman–Crippen MR) is 172 cm³/mol. The summed E-state index contributed by atoms with van der Waals surface area (Å²) >= 11 is 0. The highest BCUT2D eigenvalue weighted by atomic mass is 16.5. The van der Waals surface area contributed by atoms with Crippen LogP contribution < -0.4 is 15.0 Å². The molecule has 0 bridgehead atoms. The maximum atomic E-state index is 12.8. The fourth-order valence-corrected chi connectivity index (χ4v) is 6.60. The molecule has 3 aromatic carbocycles. The first-order chi connectivity index (χ1) is 20.7. The number of fused-ring (bicyclic) bond motifs is 10. The number of hydrogen-bond donors (Lipinski definition) is 3. The standard InChI is InChI=1S/C34H36N6O3/c1-19(2)16-40-28-13-10-22(43-18-29(41)36-20-6-8-21(9-7-20)38(3)4)14-24(28)31-25-15-35-34(42)32(25)30-23(33(31)40)11-12-27-26(30)17-39(5)37-27/h6-10,13-15,17,19,35,42H,11-12,16,18H2,1-5H3,(H,36,41). The minimum atomic E-state index is -0.223. The Labute approximate surface area is 249 Å². The average Bonchev–Trinajstić information content (AvgIpc) is 3.64. The van der Waals surface area contributed by atoms with Crippen LogP contribution in [0.5, 0.6) is 11.6 Å². The molecule has 3 aromatic heterocycles. The minimum absolute atomic E-state index is 0.106. The van der Waals surface area contributed by atoms with Gasteiger partial charge in [-0.25, -0.2) is 0 Å². The SMILES string of the molecule is CC(C)Cn1c2ccc(OCC(=O)Nc3ccc(N(C)C)cc3)cc2c2c3c[nH]c(O)c3c3c(c21)CCc1nn(C)cc1-3. The molecule has 6 aromatic rings. The van der Waals surface area contributed by atoms with E-state index in [0.717, 1.165) is 74.6 Å². The van der Waals surface area contributed by atoms with Gasteiger partial charge in [0.2, 0.25) is 0 Å². The van der Waals surface area contributed by atoms with Gasteiger partial charge < -0.3 is 29.6 Å². The second-order valence-corrected chi connectivity index (χ2v) is 12.1. The van der Waals surface area contributed by atoms with Crippen LogP contribution in [0.25, 0.3) is 43.7 Å². The van der Waals surface area contributed by atoms with Crippen LogP contribution in [0.1, 0.15) is 25.1 Å². The first-order valence-electron chi connectivity index (χ1n) is 14.7. The highest BCUT2D eigenvalue weighted by molar-refractivity contribution is 6.26. The van der Waals surface area contributed by atoms with Crippen molar-refractivity contribution in [2.75, 3.05) is 30.9 Å². The van der Waals surface area contributed by atoms with E-state index >= 15 is 0 Å². The maximum Gasteiger partial charge on any atom is 0.262 e. The second kappa shape index (κ2) is 10.1. The van der Waals surface area contributed by atoms with Crippen molar-refractivity contribution in [3.8, 4) is 22.8 Å². The molecule has 1 aliphatic rings. The summed E-state index contributed by atoms with van der Waals surface area (Å²) in [6.07, 6.45) is 5.65. The highest BCUT2D eigenvalue weighted by Gasteiger charge is 2.30. The van der Waals surface area contributed by atoms with Crippen LogP contribution in [0.15, 0.2) is 54.9 Å². The van der Waals surface area contributed by atoms with E-state index in [2.05, 4.69) is 41.0 Å². The average molecular weight is 577 g/mol. The molecule has 0 unspecified atom stereocenters. The van der Waals surface area contributed by atoms with Gasteiger partial charge in [0.25, 0.3) is 5.91 Å². The quantitative estimate of drug-likeness (QED) is 0.210. The summed E-state index contributed by atoms with van der Waals surface area (Å²) in [5, 5.41) is 22.6. The van der Waals surface area contributed by atoms with Crippen LogP contribution in [-0.4, -0.2) is 51.0 Å². The molecule has 0 atom stereocenters.